The van der Waals surface area contributed by atoms with Gasteiger partial charge in [0.1, 0.15) is 0 Å². The fourth-order valence-corrected chi connectivity index (χ4v) is 2.87. The maximum Gasteiger partial charge on any atom is 0.0491 e. The van der Waals surface area contributed by atoms with Crippen molar-refractivity contribution >= 4 is 0 Å². The van der Waals surface area contributed by atoms with Crippen LogP contribution in [0, 0.1) is 0 Å². The minimum atomic E-state index is 0.542. The monoisotopic (exact) mass is 203 g/mol. The molecule has 80 valence electrons. The first kappa shape index (κ1) is 9.31. The van der Waals surface area contributed by atoms with Crippen LogP contribution in [0.5, 0.6) is 0 Å². The van der Waals surface area contributed by atoms with E-state index in [1.807, 2.05) is 18.5 Å². The Hall–Kier alpha value is -0.930. The first-order valence-corrected chi connectivity index (χ1v) is 5.81. The molecule has 0 saturated carbocycles. The lowest BCUT2D eigenvalue weighted by Gasteiger charge is -2.38. The molecule has 3 nitrogen and oxygen atoms in total. The lowest BCUT2D eigenvalue weighted by atomic mass is 10.0. The Morgan fingerprint density at radius 1 is 1.40 bits per heavy atom. The Balaban J connectivity index is 1.85. The van der Waals surface area contributed by atoms with Gasteiger partial charge in [0.2, 0.25) is 0 Å². The van der Waals surface area contributed by atoms with Crippen LogP contribution in [0.1, 0.15) is 24.4 Å². The summed E-state index contributed by atoms with van der Waals surface area (Å²) in [6.07, 6.45) is 6.56. The molecule has 1 unspecified atom stereocenters. The third-order valence-corrected chi connectivity index (χ3v) is 3.61. The summed E-state index contributed by atoms with van der Waals surface area (Å²) in [7, 11) is 0. The van der Waals surface area contributed by atoms with Crippen molar-refractivity contribution in [1.29, 1.82) is 0 Å². The standard InChI is InChI=1S/C12H17N3/c1-3-10(7-13-5-1)12-9-14-8-11-4-2-6-15(11)12/h1,3,5,7,11-12,14H,2,4,6,8-9H2/t11-,12?/m1/s1. The van der Waals surface area contributed by atoms with Crippen LogP contribution in [0.3, 0.4) is 0 Å². The second kappa shape index (κ2) is 3.91. The van der Waals surface area contributed by atoms with Gasteiger partial charge in [0, 0.05) is 37.6 Å². The lowest BCUT2D eigenvalue weighted by Crippen LogP contribution is -2.49. The first-order valence-electron chi connectivity index (χ1n) is 5.81. The van der Waals surface area contributed by atoms with E-state index in [0.717, 1.165) is 19.1 Å². The third-order valence-electron chi connectivity index (χ3n) is 3.61. The highest BCUT2D eigenvalue weighted by atomic mass is 15.3. The summed E-state index contributed by atoms with van der Waals surface area (Å²) in [5, 5.41) is 3.54. The van der Waals surface area contributed by atoms with E-state index in [9.17, 15) is 0 Å². The van der Waals surface area contributed by atoms with Gasteiger partial charge >= 0.3 is 0 Å². The average Bonchev–Trinajstić information content (AvgIpc) is 2.78. The number of fused-ring (bicyclic) bond motifs is 1. The van der Waals surface area contributed by atoms with Gasteiger partial charge in [-0.05, 0) is 31.0 Å². The Bertz CT molecular complexity index is 325. The van der Waals surface area contributed by atoms with Crippen LogP contribution in [-0.4, -0.2) is 35.6 Å². The molecule has 15 heavy (non-hydrogen) atoms. The summed E-state index contributed by atoms with van der Waals surface area (Å²) < 4.78 is 0. The zero-order valence-electron chi connectivity index (χ0n) is 8.89. The third kappa shape index (κ3) is 1.66. The van der Waals surface area contributed by atoms with Crippen LogP contribution in [-0.2, 0) is 0 Å². The van der Waals surface area contributed by atoms with Gasteiger partial charge in [-0.1, -0.05) is 6.07 Å². The van der Waals surface area contributed by atoms with E-state index in [1.54, 1.807) is 0 Å². The molecule has 2 aliphatic heterocycles. The molecule has 3 heteroatoms. The second-order valence-electron chi connectivity index (χ2n) is 4.49. The summed E-state index contributed by atoms with van der Waals surface area (Å²) in [6, 6.07) is 5.53. The predicted octanol–water partition coefficient (Wildman–Crippen LogP) is 1.19. The van der Waals surface area contributed by atoms with Crippen LogP contribution in [0.4, 0.5) is 0 Å². The highest BCUT2D eigenvalue weighted by Gasteiger charge is 2.34. The van der Waals surface area contributed by atoms with Crippen LogP contribution in [0.15, 0.2) is 24.5 Å². The van der Waals surface area contributed by atoms with E-state index in [2.05, 4.69) is 21.3 Å². The molecular weight excluding hydrogens is 186 g/mol. The Kier molecular flexibility index (Phi) is 2.43. The van der Waals surface area contributed by atoms with E-state index >= 15 is 0 Å². The Morgan fingerprint density at radius 3 is 3.27 bits per heavy atom. The lowest BCUT2D eigenvalue weighted by molar-refractivity contribution is 0.138. The van der Waals surface area contributed by atoms with Gasteiger partial charge in [-0.2, -0.15) is 0 Å². The number of pyridine rings is 1. The number of nitrogens with one attached hydrogen (secondary N) is 1. The Morgan fingerprint density at radius 2 is 2.40 bits per heavy atom. The molecule has 2 aliphatic rings. The van der Waals surface area contributed by atoms with Crippen LogP contribution in [0.25, 0.3) is 0 Å². The Labute approximate surface area is 90.5 Å². The van der Waals surface area contributed by atoms with Crippen molar-refractivity contribution in [3.8, 4) is 0 Å². The van der Waals surface area contributed by atoms with E-state index < -0.39 is 0 Å². The van der Waals surface area contributed by atoms with Gasteiger partial charge in [-0.15, -0.1) is 0 Å². The van der Waals surface area contributed by atoms with E-state index in [1.165, 1.54) is 24.9 Å². The molecule has 2 saturated heterocycles. The number of piperazine rings is 1. The number of aromatic nitrogens is 1. The van der Waals surface area contributed by atoms with Crippen molar-refractivity contribution in [3.63, 3.8) is 0 Å². The molecule has 0 aromatic carbocycles. The van der Waals surface area contributed by atoms with Crippen LogP contribution < -0.4 is 5.32 Å². The quantitative estimate of drug-likeness (QED) is 0.743. The molecular formula is C12H17N3. The molecule has 3 rings (SSSR count). The fraction of sp³-hybridized carbons (Fsp3) is 0.583. The number of rotatable bonds is 1. The van der Waals surface area contributed by atoms with Gasteiger partial charge in [-0.3, -0.25) is 9.88 Å². The summed E-state index contributed by atoms with van der Waals surface area (Å²) in [4.78, 5) is 6.87. The van der Waals surface area contributed by atoms with Gasteiger partial charge in [0.15, 0.2) is 0 Å². The van der Waals surface area contributed by atoms with Gasteiger partial charge in [0.25, 0.3) is 0 Å². The highest BCUT2D eigenvalue weighted by Crippen LogP contribution is 2.30. The zero-order chi connectivity index (χ0) is 10.1. The van der Waals surface area contributed by atoms with Gasteiger partial charge < -0.3 is 5.32 Å². The summed E-state index contributed by atoms with van der Waals surface area (Å²) in [5.41, 5.74) is 1.36. The maximum absolute atomic E-state index is 4.22. The second-order valence-corrected chi connectivity index (χ2v) is 4.49. The number of hydrogen-bond acceptors (Lipinski definition) is 3. The minimum absolute atomic E-state index is 0.542. The maximum atomic E-state index is 4.22. The molecule has 1 aromatic heterocycles. The molecule has 2 fully saturated rings. The normalized spacial score (nSPS) is 31.5. The van der Waals surface area contributed by atoms with Crippen LogP contribution in [0.2, 0.25) is 0 Å². The minimum Gasteiger partial charge on any atom is -0.313 e. The molecule has 0 radical (unpaired) electrons. The average molecular weight is 203 g/mol. The van der Waals surface area contributed by atoms with E-state index in [4.69, 9.17) is 0 Å². The summed E-state index contributed by atoms with van der Waals surface area (Å²) in [5.74, 6) is 0. The van der Waals surface area contributed by atoms with Crippen molar-refractivity contribution in [3.05, 3.63) is 30.1 Å². The first-order chi connectivity index (χ1) is 7.45. The fourth-order valence-electron chi connectivity index (χ4n) is 2.87. The molecule has 0 bridgehead atoms. The summed E-state index contributed by atoms with van der Waals surface area (Å²) >= 11 is 0. The van der Waals surface area contributed by atoms with E-state index in [0.29, 0.717) is 6.04 Å². The topological polar surface area (TPSA) is 28.2 Å². The summed E-state index contributed by atoms with van der Waals surface area (Å²) in [6.45, 7) is 3.49. The number of nitrogens with zero attached hydrogens (tertiary/aromatic N) is 2. The van der Waals surface area contributed by atoms with Crippen molar-refractivity contribution in [2.45, 2.75) is 24.9 Å². The molecule has 0 aliphatic carbocycles. The predicted molar refractivity (Wildman–Crippen MR) is 59.6 cm³/mol. The van der Waals surface area contributed by atoms with Gasteiger partial charge in [0.05, 0.1) is 0 Å². The van der Waals surface area contributed by atoms with Crippen molar-refractivity contribution in [1.82, 2.24) is 15.2 Å². The van der Waals surface area contributed by atoms with E-state index in [-0.39, 0.29) is 0 Å². The largest absolute Gasteiger partial charge is 0.313 e. The van der Waals surface area contributed by atoms with Gasteiger partial charge in [-0.25, -0.2) is 0 Å². The SMILES string of the molecule is c1cncc(C2CNC[C@H]3CCCN23)c1. The molecule has 0 spiro atoms. The highest BCUT2D eigenvalue weighted by molar-refractivity contribution is 5.16. The number of hydrogen-bond donors (Lipinski definition) is 1. The molecule has 2 atom stereocenters. The smallest absolute Gasteiger partial charge is 0.0491 e. The van der Waals surface area contributed by atoms with Crippen LogP contribution >= 0.6 is 0 Å². The molecule has 3 heterocycles. The zero-order valence-corrected chi connectivity index (χ0v) is 8.89. The van der Waals surface area contributed by atoms with Crippen molar-refractivity contribution in [2.24, 2.45) is 0 Å². The molecule has 1 aromatic rings. The molecule has 0 amide bonds. The van der Waals surface area contributed by atoms with Crippen molar-refractivity contribution in [2.75, 3.05) is 19.6 Å². The van der Waals surface area contributed by atoms with Crippen molar-refractivity contribution < 1.29 is 0 Å². The molecule has 1 N–H and O–H groups in total.